The van der Waals surface area contributed by atoms with Gasteiger partial charge in [0.15, 0.2) is 0 Å². The molecule has 1 aliphatic rings. The van der Waals surface area contributed by atoms with Gasteiger partial charge in [-0.2, -0.15) is 0 Å². The smallest absolute Gasteiger partial charge is 0.0716 e. The zero-order chi connectivity index (χ0) is 22.9. The second-order valence-electron chi connectivity index (χ2n) is 9.40. The molecule has 1 fully saturated rings. The van der Waals surface area contributed by atoms with E-state index in [1.807, 2.05) is 0 Å². The van der Waals surface area contributed by atoms with Crippen molar-refractivity contribution in [2.45, 2.75) is 64.9 Å². The highest BCUT2D eigenvalue weighted by Crippen LogP contribution is 2.37. The van der Waals surface area contributed by atoms with Crippen LogP contribution in [0.2, 0.25) is 0 Å². The van der Waals surface area contributed by atoms with Crippen LogP contribution in [0, 0.1) is 5.92 Å². The summed E-state index contributed by atoms with van der Waals surface area (Å²) in [6, 6.07) is 27.0. The molecule has 0 N–H and O–H groups in total. The average molecular weight is 439 g/mol. The van der Waals surface area contributed by atoms with Crippen molar-refractivity contribution in [1.29, 1.82) is 0 Å². The van der Waals surface area contributed by atoms with Gasteiger partial charge >= 0.3 is 0 Å². The molecule has 1 aliphatic carbocycles. The van der Waals surface area contributed by atoms with Gasteiger partial charge in [0.1, 0.15) is 0 Å². The molecule has 3 aromatic carbocycles. The molecule has 0 spiro atoms. The Bertz CT molecular complexity index is 988. The maximum absolute atomic E-state index is 5.64. The largest absolute Gasteiger partial charge is 0.377 e. The normalized spacial score (nSPS) is 18.6. The Morgan fingerprint density at radius 3 is 1.73 bits per heavy atom. The summed E-state index contributed by atoms with van der Waals surface area (Å²) < 4.78 is 5.64. The SMILES string of the molecule is CCC=CC1CCC(c2ccc(-c3ccc(-c4ccc(COCCC)cc4)cc3)cc2)CC1. The van der Waals surface area contributed by atoms with E-state index < -0.39 is 0 Å². The summed E-state index contributed by atoms with van der Waals surface area (Å²) in [5.41, 5.74) is 7.83. The zero-order valence-electron chi connectivity index (χ0n) is 20.3. The Labute approximate surface area is 200 Å². The van der Waals surface area contributed by atoms with Gasteiger partial charge < -0.3 is 4.74 Å². The number of hydrogen-bond donors (Lipinski definition) is 0. The van der Waals surface area contributed by atoms with E-state index in [-0.39, 0.29) is 0 Å². The van der Waals surface area contributed by atoms with Crippen LogP contribution in [0.3, 0.4) is 0 Å². The van der Waals surface area contributed by atoms with Crippen LogP contribution >= 0.6 is 0 Å². The van der Waals surface area contributed by atoms with Crippen molar-refractivity contribution in [1.82, 2.24) is 0 Å². The molecule has 172 valence electrons. The first kappa shape index (κ1) is 23.5. The van der Waals surface area contributed by atoms with Gasteiger partial charge in [-0.1, -0.05) is 98.8 Å². The van der Waals surface area contributed by atoms with E-state index in [1.54, 1.807) is 0 Å². The molecule has 1 heteroatoms. The van der Waals surface area contributed by atoms with Crippen molar-refractivity contribution < 1.29 is 4.74 Å². The predicted molar refractivity (Wildman–Crippen MR) is 141 cm³/mol. The highest BCUT2D eigenvalue weighted by Gasteiger charge is 2.20. The molecule has 0 bridgehead atoms. The fourth-order valence-corrected chi connectivity index (χ4v) is 4.90. The maximum Gasteiger partial charge on any atom is 0.0716 e. The fourth-order valence-electron chi connectivity index (χ4n) is 4.90. The molecule has 0 radical (unpaired) electrons. The zero-order valence-corrected chi connectivity index (χ0v) is 20.3. The van der Waals surface area contributed by atoms with E-state index >= 15 is 0 Å². The van der Waals surface area contributed by atoms with Gasteiger partial charge in [-0.15, -0.1) is 0 Å². The van der Waals surface area contributed by atoms with Crippen LogP contribution < -0.4 is 0 Å². The van der Waals surface area contributed by atoms with Crippen molar-refractivity contribution >= 4 is 0 Å². The summed E-state index contributed by atoms with van der Waals surface area (Å²) in [4.78, 5) is 0. The van der Waals surface area contributed by atoms with E-state index in [9.17, 15) is 0 Å². The predicted octanol–water partition coefficient (Wildman–Crippen LogP) is 9.19. The maximum atomic E-state index is 5.64. The molecule has 33 heavy (non-hydrogen) atoms. The van der Waals surface area contributed by atoms with Crippen LogP contribution in [0.1, 0.15) is 69.4 Å². The summed E-state index contributed by atoms with van der Waals surface area (Å²) in [5.74, 6) is 1.52. The molecule has 0 aliphatic heterocycles. The Balaban J connectivity index is 1.36. The van der Waals surface area contributed by atoms with Crippen LogP contribution in [-0.2, 0) is 11.3 Å². The molecule has 4 rings (SSSR count). The Morgan fingerprint density at radius 1 is 0.697 bits per heavy atom. The molecular formula is C32H38O. The lowest BCUT2D eigenvalue weighted by molar-refractivity contribution is 0.121. The number of benzene rings is 3. The quantitative estimate of drug-likeness (QED) is 0.239. The second-order valence-corrected chi connectivity index (χ2v) is 9.40. The van der Waals surface area contributed by atoms with Crippen LogP contribution in [0.25, 0.3) is 22.3 Å². The minimum Gasteiger partial charge on any atom is -0.377 e. The minimum absolute atomic E-state index is 0.695. The monoisotopic (exact) mass is 438 g/mol. The van der Waals surface area contributed by atoms with Crippen molar-refractivity contribution in [3.63, 3.8) is 0 Å². The Kier molecular flexibility index (Phi) is 8.55. The first-order valence-electron chi connectivity index (χ1n) is 12.8. The van der Waals surface area contributed by atoms with E-state index in [2.05, 4.69) is 98.8 Å². The summed E-state index contributed by atoms with van der Waals surface area (Å²) in [6.45, 7) is 5.88. The Hall–Kier alpha value is -2.64. The van der Waals surface area contributed by atoms with E-state index in [1.165, 1.54) is 59.1 Å². The molecule has 0 amide bonds. The van der Waals surface area contributed by atoms with Gasteiger partial charge in [0.25, 0.3) is 0 Å². The molecule has 0 unspecified atom stereocenters. The number of rotatable bonds is 9. The molecule has 1 nitrogen and oxygen atoms in total. The van der Waals surface area contributed by atoms with Gasteiger partial charge in [-0.3, -0.25) is 0 Å². The van der Waals surface area contributed by atoms with Crippen molar-refractivity contribution in [3.05, 3.63) is 96.1 Å². The summed E-state index contributed by atoms with van der Waals surface area (Å²) in [6.07, 6.45) is 12.3. The number of allylic oxidation sites excluding steroid dienone is 2. The molecule has 0 atom stereocenters. The van der Waals surface area contributed by atoms with Gasteiger partial charge in [0.2, 0.25) is 0 Å². The number of ether oxygens (including phenoxy) is 1. The molecule has 3 aromatic rings. The summed E-state index contributed by atoms with van der Waals surface area (Å²) >= 11 is 0. The number of hydrogen-bond acceptors (Lipinski definition) is 1. The minimum atomic E-state index is 0.695. The third kappa shape index (κ3) is 6.45. The second kappa shape index (κ2) is 12.0. The van der Waals surface area contributed by atoms with Crippen molar-refractivity contribution in [3.8, 4) is 22.3 Å². The van der Waals surface area contributed by atoms with Crippen LogP contribution in [0.15, 0.2) is 84.9 Å². The average Bonchev–Trinajstić information content (AvgIpc) is 2.89. The molecule has 1 saturated carbocycles. The Morgan fingerprint density at radius 2 is 1.21 bits per heavy atom. The standard InChI is InChI=1S/C32H38O/c1-3-5-6-25-7-11-27(12-8-25)29-15-19-31(20-16-29)32-21-17-30(18-22-32)28-13-9-26(10-14-28)24-33-23-4-2/h5-6,9-10,13-22,25,27H,3-4,7-8,11-12,23-24H2,1-2H3. The fraction of sp³-hybridized carbons (Fsp3) is 0.375. The third-order valence-electron chi connectivity index (χ3n) is 6.92. The first-order valence-corrected chi connectivity index (χ1v) is 12.8. The van der Waals surface area contributed by atoms with Gasteiger partial charge in [0.05, 0.1) is 6.61 Å². The lowest BCUT2D eigenvalue weighted by atomic mass is 9.78. The first-order chi connectivity index (χ1) is 16.3. The summed E-state index contributed by atoms with van der Waals surface area (Å²) in [5, 5.41) is 0. The molecular weight excluding hydrogens is 400 g/mol. The van der Waals surface area contributed by atoms with Gasteiger partial charge in [-0.05, 0) is 83.7 Å². The highest BCUT2D eigenvalue weighted by molar-refractivity contribution is 5.70. The van der Waals surface area contributed by atoms with Gasteiger partial charge in [0, 0.05) is 6.61 Å². The van der Waals surface area contributed by atoms with E-state index in [0.717, 1.165) is 31.3 Å². The van der Waals surface area contributed by atoms with Crippen LogP contribution in [-0.4, -0.2) is 6.61 Å². The van der Waals surface area contributed by atoms with Crippen LogP contribution in [0.4, 0.5) is 0 Å². The van der Waals surface area contributed by atoms with E-state index in [4.69, 9.17) is 4.74 Å². The third-order valence-corrected chi connectivity index (χ3v) is 6.92. The lowest BCUT2D eigenvalue weighted by Gasteiger charge is -2.27. The van der Waals surface area contributed by atoms with Gasteiger partial charge in [-0.25, -0.2) is 0 Å². The van der Waals surface area contributed by atoms with Crippen molar-refractivity contribution in [2.24, 2.45) is 5.92 Å². The lowest BCUT2D eigenvalue weighted by Crippen LogP contribution is -2.11. The van der Waals surface area contributed by atoms with Crippen molar-refractivity contribution in [2.75, 3.05) is 6.61 Å². The molecule has 0 heterocycles. The summed E-state index contributed by atoms with van der Waals surface area (Å²) in [7, 11) is 0. The van der Waals surface area contributed by atoms with Crippen LogP contribution in [0.5, 0.6) is 0 Å². The van der Waals surface area contributed by atoms with E-state index in [0.29, 0.717) is 6.61 Å². The molecule has 0 aromatic heterocycles. The molecule has 0 saturated heterocycles. The topological polar surface area (TPSA) is 9.23 Å². The highest BCUT2D eigenvalue weighted by atomic mass is 16.5.